The zero-order valence-corrected chi connectivity index (χ0v) is 11.9. The van der Waals surface area contributed by atoms with Gasteiger partial charge in [-0.05, 0) is 23.3 Å². The molecule has 0 saturated carbocycles. The number of primary amides is 1. The first-order valence-electron chi connectivity index (χ1n) is 6.15. The second-order valence-electron chi connectivity index (χ2n) is 4.29. The van der Waals surface area contributed by atoms with Crippen molar-refractivity contribution in [3.8, 4) is 0 Å². The Kier molecular flexibility index (Phi) is 4.63. The Morgan fingerprint density at radius 2 is 2.10 bits per heavy atom. The van der Waals surface area contributed by atoms with Crippen LogP contribution in [0.3, 0.4) is 0 Å². The van der Waals surface area contributed by atoms with E-state index < -0.39 is 6.09 Å². The van der Waals surface area contributed by atoms with Gasteiger partial charge in [0.15, 0.2) is 0 Å². The maximum Gasteiger partial charge on any atom is 0.405 e. The number of hydrogen-bond donors (Lipinski definition) is 1. The maximum absolute atomic E-state index is 11.2. The van der Waals surface area contributed by atoms with E-state index in [0.29, 0.717) is 11.3 Å². The zero-order chi connectivity index (χ0) is 14.5. The van der Waals surface area contributed by atoms with Crippen LogP contribution >= 0.6 is 11.8 Å². The summed E-state index contributed by atoms with van der Waals surface area (Å²) in [5.41, 5.74) is 6.23. The summed E-state index contributed by atoms with van der Waals surface area (Å²) in [5, 5.41) is 2.12. The van der Waals surface area contributed by atoms with Crippen molar-refractivity contribution in [1.29, 1.82) is 0 Å². The van der Waals surface area contributed by atoms with Gasteiger partial charge < -0.3 is 10.5 Å². The lowest BCUT2D eigenvalue weighted by atomic mass is 10.0. The van der Waals surface area contributed by atoms with Gasteiger partial charge in [-0.25, -0.2) is 4.79 Å². The molecule has 5 heteroatoms. The second-order valence-corrected chi connectivity index (χ2v) is 5.57. The number of rotatable bonds is 5. The normalized spacial score (nSPS) is 12.1. The molecule has 0 heterocycles. The van der Waals surface area contributed by atoms with Crippen LogP contribution in [0, 0.1) is 0 Å². The van der Waals surface area contributed by atoms with Gasteiger partial charge in [0.25, 0.3) is 0 Å². The van der Waals surface area contributed by atoms with Crippen LogP contribution in [0.25, 0.3) is 10.8 Å². The summed E-state index contributed by atoms with van der Waals surface area (Å²) in [6.07, 6.45) is 0.0561. The number of hydrogen-bond acceptors (Lipinski definition) is 4. The lowest BCUT2D eigenvalue weighted by Crippen LogP contribution is -2.18. The molecule has 0 bridgehead atoms. The minimum absolute atomic E-state index is 0.356. The predicted molar refractivity (Wildman–Crippen MR) is 80.8 cm³/mol. The molecule has 0 aliphatic carbocycles. The largest absolute Gasteiger partial charge is 0.436 e. The van der Waals surface area contributed by atoms with Crippen molar-refractivity contribution in [1.82, 2.24) is 0 Å². The van der Waals surface area contributed by atoms with E-state index >= 15 is 0 Å². The molecule has 0 aliphatic heterocycles. The van der Waals surface area contributed by atoms with E-state index in [1.54, 1.807) is 6.92 Å². The van der Waals surface area contributed by atoms with Crippen molar-refractivity contribution in [3.05, 3.63) is 47.5 Å². The van der Waals surface area contributed by atoms with E-state index in [9.17, 15) is 9.59 Å². The van der Waals surface area contributed by atoms with Crippen LogP contribution in [0.2, 0.25) is 0 Å². The highest BCUT2D eigenvalue weighted by molar-refractivity contribution is 7.99. The molecule has 1 amide bonds. The van der Waals surface area contributed by atoms with Gasteiger partial charge in [0, 0.05) is 11.3 Å². The number of benzene rings is 2. The number of ether oxygens (including phenoxy) is 1. The quantitative estimate of drug-likeness (QED) is 0.677. The fraction of sp³-hybridized carbons (Fsp3) is 0.200. The van der Waals surface area contributed by atoms with Crippen molar-refractivity contribution in [2.75, 3.05) is 0 Å². The Balaban J connectivity index is 2.27. The third kappa shape index (κ3) is 3.30. The summed E-state index contributed by atoms with van der Waals surface area (Å²) >= 11 is 1.42. The first-order valence-corrected chi connectivity index (χ1v) is 7.20. The first kappa shape index (κ1) is 14.4. The second kappa shape index (κ2) is 6.43. The maximum atomic E-state index is 11.2. The molecule has 2 rings (SSSR count). The molecule has 20 heavy (non-hydrogen) atoms. The molecule has 0 fully saturated rings. The number of amides is 1. The molecule has 1 atom stereocenters. The summed E-state index contributed by atoms with van der Waals surface area (Å²) in [4.78, 5) is 21.9. The molecular weight excluding hydrogens is 274 g/mol. The van der Waals surface area contributed by atoms with Crippen molar-refractivity contribution >= 4 is 34.9 Å². The average molecular weight is 289 g/mol. The smallest absolute Gasteiger partial charge is 0.405 e. The van der Waals surface area contributed by atoms with Crippen molar-refractivity contribution in [3.63, 3.8) is 0 Å². The Hall–Kier alpha value is -2.01. The Morgan fingerprint density at radius 1 is 1.35 bits per heavy atom. The molecule has 0 saturated heterocycles. The molecule has 0 radical (unpaired) electrons. The Labute approximate surface area is 121 Å². The minimum Gasteiger partial charge on any atom is -0.436 e. The van der Waals surface area contributed by atoms with Crippen LogP contribution in [-0.2, 0) is 10.5 Å². The van der Waals surface area contributed by atoms with E-state index in [4.69, 9.17) is 10.5 Å². The fourth-order valence-corrected chi connectivity index (χ4v) is 2.91. The Morgan fingerprint density at radius 3 is 2.80 bits per heavy atom. The van der Waals surface area contributed by atoms with Crippen molar-refractivity contribution in [2.45, 2.75) is 18.1 Å². The van der Waals surface area contributed by atoms with E-state index in [1.165, 1.54) is 11.8 Å². The molecule has 2 aromatic carbocycles. The topological polar surface area (TPSA) is 69.4 Å². The molecule has 4 nitrogen and oxygen atoms in total. The van der Waals surface area contributed by atoms with Gasteiger partial charge in [-0.15, -0.1) is 11.8 Å². The molecular formula is C15H15NO3S. The number of aldehydes is 1. The van der Waals surface area contributed by atoms with E-state index in [2.05, 4.69) is 0 Å². The number of thioether (sulfide) groups is 1. The van der Waals surface area contributed by atoms with Crippen LogP contribution in [0.5, 0.6) is 0 Å². The number of nitrogens with two attached hydrogens (primary N) is 1. The molecule has 0 aromatic heterocycles. The summed E-state index contributed by atoms with van der Waals surface area (Å²) in [6.45, 7) is 1.75. The molecule has 104 valence electrons. The summed E-state index contributed by atoms with van der Waals surface area (Å²) in [5.74, 6) is 0.573. The third-order valence-electron chi connectivity index (χ3n) is 2.95. The van der Waals surface area contributed by atoms with Gasteiger partial charge in [-0.3, -0.25) is 4.79 Å². The van der Waals surface area contributed by atoms with Crippen LogP contribution in [0.1, 0.15) is 22.8 Å². The van der Waals surface area contributed by atoms with Crippen LogP contribution in [0.15, 0.2) is 36.4 Å². The van der Waals surface area contributed by atoms with Crippen LogP contribution in [-0.4, -0.2) is 17.8 Å². The number of carbonyl (C=O) groups excluding carboxylic acids is 2. The summed E-state index contributed by atoms with van der Waals surface area (Å²) in [7, 11) is 0. The van der Waals surface area contributed by atoms with Gasteiger partial charge in [-0.2, -0.15) is 0 Å². The third-order valence-corrected chi connectivity index (χ3v) is 3.97. The summed E-state index contributed by atoms with van der Waals surface area (Å²) < 4.78 is 4.87. The highest BCUT2D eigenvalue weighted by Crippen LogP contribution is 2.27. The fourth-order valence-electron chi connectivity index (χ4n) is 2.02. The predicted octanol–water partition coefficient (Wildman–Crippen LogP) is 3.33. The molecule has 1 unspecified atom stereocenters. The minimum atomic E-state index is -0.793. The van der Waals surface area contributed by atoms with Crippen molar-refractivity contribution < 1.29 is 14.3 Å². The molecule has 2 aromatic rings. The molecule has 0 aliphatic rings. The molecule has 0 spiro atoms. The number of fused-ring (bicyclic) bond motifs is 1. The monoisotopic (exact) mass is 289 g/mol. The van der Waals surface area contributed by atoms with E-state index in [-0.39, 0.29) is 5.44 Å². The lowest BCUT2D eigenvalue weighted by molar-refractivity contribution is 0.112. The van der Waals surface area contributed by atoms with Gasteiger partial charge >= 0.3 is 6.09 Å². The Bertz CT molecular complexity index is 642. The van der Waals surface area contributed by atoms with E-state index in [1.807, 2.05) is 36.4 Å². The molecule has 2 N–H and O–H groups in total. The first-order chi connectivity index (χ1) is 9.61. The van der Waals surface area contributed by atoms with Crippen LogP contribution < -0.4 is 5.73 Å². The summed E-state index contributed by atoms with van der Waals surface area (Å²) in [6, 6.07) is 11.6. The highest BCUT2D eigenvalue weighted by atomic mass is 32.2. The van der Waals surface area contributed by atoms with Crippen molar-refractivity contribution in [2.24, 2.45) is 5.73 Å². The zero-order valence-electron chi connectivity index (χ0n) is 11.0. The lowest BCUT2D eigenvalue weighted by Gasteiger charge is -2.13. The standard InChI is InChI=1S/C15H15NO3S/c1-10(19-15(16)18)20-9-14-12(8-17)7-6-11-4-2-3-5-13(11)14/h2-8,10H,9H2,1H3,(H2,16,18). The average Bonchev–Trinajstić information content (AvgIpc) is 2.43. The number of carbonyl (C=O) groups is 2. The van der Waals surface area contributed by atoms with Gasteiger partial charge in [0.1, 0.15) is 11.7 Å². The van der Waals surface area contributed by atoms with Gasteiger partial charge in [0.2, 0.25) is 0 Å². The highest BCUT2D eigenvalue weighted by Gasteiger charge is 2.11. The van der Waals surface area contributed by atoms with E-state index in [0.717, 1.165) is 22.6 Å². The van der Waals surface area contributed by atoms with Gasteiger partial charge in [0.05, 0.1) is 0 Å². The van der Waals surface area contributed by atoms with Crippen LogP contribution in [0.4, 0.5) is 4.79 Å². The SMILES string of the molecule is CC(OC(N)=O)SCc1c(C=O)ccc2ccccc12. The van der Waals surface area contributed by atoms with Gasteiger partial charge in [-0.1, -0.05) is 36.4 Å².